The number of hydrogen-bond acceptors (Lipinski definition) is 4. The van der Waals surface area contributed by atoms with Gasteiger partial charge in [0.2, 0.25) is 0 Å². The Bertz CT molecular complexity index is 375. The molecule has 0 saturated heterocycles. The third-order valence-corrected chi connectivity index (χ3v) is 2.36. The molecule has 0 aliphatic heterocycles. The molecule has 0 saturated carbocycles. The Morgan fingerprint density at radius 2 is 2.40 bits per heavy atom. The summed E-state index contributed by atoms with van der Waals surface area (Å²) in [4.78, 5) is 5.98. The zero-order chi connectivity index (χ0) is 11.3. The quantitative estimate of drug-likeness (QED) is 0.783. The molecule has 0 aromatic carbocycles. The molecule has 0 amide bonds. The van der Waals surface area contributed by atoms with E-state index in [1.807, 2.05) is 18.0 Å². The minimum absolute atomic E-state index is 0.388. The zero-order valence-corrected chi connectivity index (χ0v) is 9.45. The van der Waals surface area contributed by atoms with Gasteiger partial charge in [0.25, 0.3) is 0 Å². The summed E-state index contributed by atoms with van der Waals surface area (Å²) in [6.07, 6.45) is 1.57. The Hall–Kier alpha value is -1.31. The third kappa shape index (κ3) is 2.82. The first-order valence-corrected chi connectivity index (χ1v) is 4.83. The van der Waals surface area contributed by atoms with Gasteiger partial charge in [-0.1, -0.05) is 11.6 Å². The van der Waals surface area contributed by atoms with Crippen molar-refractivity contribution in [2.45, 2.75) is 0 Å². The number of anilines is 1. The Morgan fingerprint density at radius 1 is 1.67 bits per heavy atom. The van der Waals surface area contributed by atoms with E-state index in [-0.39, 0.29) is 0 Å². The van der Waals surface area contributed by atoms with E-state index in [4.69, 9.17) is 21.6 Å². The van der Waals surface area contributed by atoms with Crippen LogP contribution in [0.3, 0.4) is 0 Å². The fourth-order valence-corrected chi connectivity index (χ4v) is 1.42. The van der Waals surface area contributed by atoms with Gasteiger partial charge in [0.05, 0.1) is 12.2 Å². The lowest BCUT2D eigenvalue weighted by Gasteiger charge is -2.18. The van der Waals surface area contributed by atoms with E-state index < -0.39 is 0 Å². The van der Waals surface area contributed by atoms with Crippen molar-refractivity contribution in [1.29, 1.82) is 5.26 Å². The summed E-state index contributed by atoms with van der Waals surface area (Å²) in [5, 5.41) is 9.18. The molecule has 0 aliphatic rings. The summed E-state index contributed by atoms with van der Waals surface area (Å²) in [6, 6.07) is 3.61. The number of methoxy groups -OCH3 is 1. The average molecular weight is 226 g/mol. The van der Waals surface area contributed by atoms with E-state index >= 15 is 0 Å². The van der Waals surface area contributed by atoms with Crippen LogP contribution in [0.15, 0.2) is 12.3 Å². The summed E-state index contributed by atoms with van der Waals surface area (Å²) in [5.41, 5.74) is 0.436. The molecule has 0 N–H and O–H groups in total. The topological polar surface area (TPSA) is 49.1 Å². The number of nitriles is 1. The molecule has 5 heteroatoms. The lowest BCUT2D eigenvalue weighted by molar-refractivity contribution is 0.206. The van der Waals surface area contributed by atoms with Gasteiger partial charge in [0.1, 0.15) is 16.9 Å². The normalized spacial score (nSPS) is 9.73. The summed E-state index contributed by atoms with van der Waals surface area (Å²) in [6.45, 7) is 1.27. The van der Waals surface area contributed by atoms with Crippen LogP contribution in [-0.4, -0.2) is 32.3 Å². The molecule has 0 atom stereocenters. The van der Waals surface area contributed by atoms with E-state index in [2.05, 4.69) is 4.98 Å². The first kappa shape index (κ1) is 11.8. The standard InChI is InChI=1S/C10H12ClN3O/c1-14(5-6-15-2)10-9(11)8(7-12)3-4-13-10/h3-4H,5-6H2,1-2H3. The Kier molecular flexibility index (Phi) is 4.35. The maximum Gasteiger partial charge on any atom is 0.148 e. The summed E-state index contributed by atoms with van der Waals surface area (Å²) < 4.78 is 4.95. The third-order valence-electron chi connectivity index (χ3n) is 1.98. The van der Waals surface area contributed by atoms with Crippen molar-refractivity contribution in [2.24, 2.45) is 0 Å². The molecule has 1 aromatic rings. The van der Waals surface area contributed by atoms with Gasteiger partial charge in [-0.2, -0.15) is 5.26 Å². The average Bonchev–Trinajstić information content (AvgIpc) is 2.26. The Morgan fingerprint density at radius 3 is 3.00 bits per heavy atom. The predicted octanol–water partition coefficient (Wildman–Crippen LogP) is 1.69. The molecule has 0 aliphatic carbocycles. The highest BCUT2D eigenvalue weighted by atomic mass is 35.5. The van der Waals surface area contributed by atoms with Gasteiger partial charge in [-0.05, 0) is 6.07 Å². The minimum atomic E-state index is 0.388. The predicted molar refractivity (Wildman–Crippen MR) is 59.1 cm³/mol. The highest BCUT2D eigenvalue weighted by Crippen LogP contribution is 2.25. The number of ether oxygens (including phenoxy) is 1. The molecule has 4 nitrogen and oxygen atoms in total. The van der Waals surface area contributed by atoms with Gasteiger partial charge in [-0.3, -0.25) is 0 Å². The van der Waals surface area contributed by atoms with Crippen LogP contribution in [0.25, 0.3) is 0 Å². The van der Waals surface area contributed by atoms with Crippen LogP contribution in [0, 0.1) is 11.3 Å². The van der Waals surface area contributed by atoms with Gasteiger partial charge in [-0.15, -0.1) is 0 Å². The molecular weight excluding hydrogens is 214 g/mol. The Labute approximate surface area is 94.0 Å². The highest BCUT2D eigenvalue weighted by molar-refractivity contribution is 6.34. The van der Waals surface area contributed by atoms with Gasteiger partial charge in [-0.25, -0.2) is 4.98 Å². The van der Waals surface area contributed by atoms with Gasteiger partial charge < -0.3 is 9.64 Å². The van der Waals surface area contributed by atoms with Crippen molar-refractivity contribution < 1.29 is 4.74 Å². The fourth-order valence-electron chi connectivity index (χ4n) is 1.12. The molecule has 0 fully saturated rings. The van der Waals surface area contributed by atoms with Crippen molar-refractivity contribution in [1.82, 2.24) is 4.98 Å². The summed E-state index contributed by atoms with van der Waals surface area (Å²) in [7, 11) is 3.49. The number of nitrogens with zero attached hydrogens (tertiary/aromatic N) is 3. The van der Waals surface area contributed by atoms with E-state index in [0.29, 0.717) is 29.6 Å². The first-order chi connectivity index (χ1) is 7.20. The van der Waals surface area contributed by atoms with Crippen LogP contribution in [0.4, 0.5) is 5.82 Å². The minimum Gasteiger partial charge on any atom is -0.383 e. The monoisotopic (exact) mass is 225 g/mol. The van der Waals surface area contributed by atoms with Crippen LogP contribution in [0.1, 0.15) is 5.56 Å². The molecule has 80 valence electrons. The van der Waals surface area contributed by atoms with Crippen LogP contribution in [-0.2, 0) is 4.74 Å². The molecule has 1 rings (SSSR count). The van der Waals surface area contributed by atoms with E-state index in [0.717, 1.165) is 0 Å². The maximum atomic E-state index is 8.80. The summed E-state index contributed by atoms with van der Waals surface area (Å²) >= 11 is 6.02. The number of pyridine rings is 1. The smallest absolute Gasteiger partial charge is 0.148 e. The van der Waals surface area contributed by atoms with Gasteiger partial charge in [0, 0.05) is 26.9 Å². The number of likely N-dealkylation sites (N-methyl/N-ethyl adjacent to an activating group) is 1. The van der Waals surface area contributed by atoms with Crippen LogP contribution in [0.2, 0.25) is 5.02 Å². The van der Waals surface area contributed by atoms with Crippen molar-refractivity contribution >= 4 is 17.4 Å². The number of rotatable bonds is 4. The van der Waals surface area contributed by atoms with Crippen molar-refractivity contribution in [2.75, 3.05) is 32.2 Å². The largest absolute Gasteiger partial charge is 0.383 e. The molecule has 15 heavy (non-hydrogen) atoms. The van der Waals surface area contributed by atoms with Crippen molar-refractivity contribution in [3.63, 3.8) is 0 Å². The zero-order valence-electron chi connectivity index (χ0n) is 8.70. The number of aromatic nitrogens is 1. The molecule has 0 unspecified atom stereocenters. The van der Waals surface area contributed by atoms with Gasteiger partial charge in [0.15, 0.2) is 0 Å². The molecule has 1 aromatic heterocycles. The molecule has 0 bridgehead atoms. The first-order valence-electron chi connectivity index (χ1n) is 4.45. The second-order valence-corrected chi connectivity index (χ2v) is 3.40. The Balaban J connectivity index is 2.90. The lowest BCUT2D eigenvalue weighted by Crippen LogP contribution is -2.23. The van der Waals surface area contributed by atoms with Crippen LogP contribution >= 0.6 is 11.6 Å². The lowest BCUT2D eigenvalue weighted by atomic mass is 10.3. The van der Waals surface area contributed by atoms with E-state index in [1.165, 1.54) is 0 Å². The molecule has 1 heterocycles. The molecule has 0 spiro atoms. The SMILES string of the molecule is COCCN(C)c1nccc(C#N)c1Cl. The van der Waals surface area contributed by atoms with Crippen LogP contribution < -0.4 is 4.90 Å². The summed E-state index contributed by atoms with van der Waals surface area (Å²) in [5.74, 6) is 0.604. The maximum absolute atomic E-state index is 8.80. The second-order valence-electron chi connectivity index (χ2n) is 3.02. The van der Waals surface area contributed by atoms with Crippen molar-refractivity contribution in [3.05, 3.63) is 22.8 Å². The van der Waals surface area contributed by atoms with E-state index in [9.17, 15) is 0 Å². The highest BCUT2D eigenvalue weighted by Gasteiger charge is 2.10. The van der Waals surface area contributed by atoms with E-state index in [1.54, 1.807) is 19.4 Å². The van der Waals surface area contributed by atoms with Crippen molar-refractivity contribution in [3.8, 4) is 6.07 Å². The number of halogens is 1. The number of hydrogen-bond donors (Lipinski definition) is 0. The fraction of sp³-hybridized carbons (Fsp3) is 0.400. The second kappa shape index (κ2) is 5.54. The molecule has 0 radical (unpaired) electrons. The van der Waals surface area contributed by atoms with Crippen LogP contribution in [0.5, 0.6) is 0 Å². The van der Waals surface area contributed by atoms with Gasteiger partial charge >= 0.3 is 0 Å². The molecular formula is C10H12ClN3O.